The highest BCUT2D eigenvalue weighted by Crippen LogP contribution is 2.27. The highest BCUT2D eigenvalue weighted by Gasteiger charge is 2.25. The fourth-order valence-electron chi connectivity index (χ4n) is 3.71. The Hall–Kier alpha value is -3.15. The lowest BCUT2D eigenvalue weighted by Gasteiger charge is -2.17. The van der Waals surface area contributed by atoms with Crippen LogP contribution >= 0.6 is 0 Å². The van der Waals surface area contributed by atoms with Gasteiger partial charge in [-0.2, -0.15) is 0 Å². The van der Waals surface area contributed by atoms with Gasteiger partial charge in [-0.1, -0.05) is 38.1 Å². The zero-order valence-electron chi connectivity index (χ0n) is 16.2. The van der Waals surface area contributed by atoms with E-state index in [4.69, 9.17) is 0 Å². The molecule has 0 aliphatic carbocycles. The molecule has 0 unspecified atom stereocenters. The molecule has 1 aromatic carbocycles. The fourth-order valence-corrected chi connectivity index (χ4v) is 3.71. The number of imidazole rings is 1. The van der Waals surface area contributed by atoms with Crippen LogP contribution in [0.3, 0.4) is 0 Å². The molecule has 0 saturated carbocycles. The van der Waals surface area contributed by atoms with E-state index < -0.39 is 0 Å². The summed E-state index contributed by atoms with van der Waals surface area (Å²) in [5, 5.41) is 2.76. The molecule has 0 bridgehead atoms. The standard InChI is InChI=1S/C22H24N4O2/c1-15(2)13-19-24-21(18-9-5-6-11-25(18)19)22(28)23-14-20(27)26-12-10-16-7-3-4-8-17(16)26/h3-9,11,15H,10,12-14H2,1-2H3,(H,23,28). The maximum atomic E-state index is 12.8. The van der Waals surface area contributed by atoms with E-state index in [1.54, 1.807) is 4.90 Å². The molecule has 1 N–H and O–H groups in total. The summed E-state index contributed by atoms with van der Waals surface area (Å²) < 4.78 is 1.95. The summed E-state index contributed by atoms with van der Waals surface area (Å²) in [6.45, 7) is 4.85. The van der Waals surface area contributed by atoms with Crippen molar-refractivity contribution < 1.29 is 9.59 Å². The van der Waals surface area contributed by atoms with E-state index in [1.165, 1.54) is 5.56 Å². The van der Waals surface area contributed by atoms with Crippen molar-refractivity contribution in [1.29, 1.82) is 0 Å². The van der Waals surface area contributed by atoms with Crippen molar-refractivity contribution in [2.75, 3.05) is 18.0 Å². The van der Waals surface area contributed by atoms with Crippen molar-refractivity contribution >= 4 is 23.0 Å². The number of amides is 2. The molecule has 4 rings (SSSR count). The van der Waals surface area contributed by atoms with Crippen LogP contribution in [0.15, 0.2) is 48.7 Å². The third-order valence-corrected chi connectivity index (χ3v) is 5.02. The SMILES string of the molecule is CC(C)Cc1nc(C(=O)NCC(=O)N2CCc3ccccc32)c2ccccn12. The first-order valence-corrected chi connectivity index (χ1v) is 9.67. The maximum Gasteiger partial charge on any atom is 0.272 e. The molecular weight excluding hydrogens is 352 g/mol. The molecule has 144 valence electrons. The van der Waals surface area contributed by atoms with Crippen LogP contribution < -0.4 is 10.2 Å². The zero-order chi connectivity index (χ0) is 19.7. The van der Waals surface area contributed by atoms with Crippen LogP contribution in [-0.4, -0.2) is 34.3 Å². The number of pyridine rings is 1. The molecule has 3 heterocycles. The van der Waals surface area contributed by atoms with Crippen LogP contribution in [0.25, 0.3) is 5.52 Å². The largest absolute Gasteiger partial charge is 0.342 e. The second kappa shape index (κ2) is 7.46. The van der Waals surface area contributed by atoms with Crippen molar-refractivity contribution in [3.05, 3.63) is 65.7 Å². The van der Waals surface area contributed by atoms with Gasteiger partial charge in [-0.15, -0.1) is 0 Å². The zero-order valence-corrected chi connectivity index (χ0v) is 16.2. The van der Waals surface area contributed by atoms with Crippen LogP contribution in [0, 0.1) is 5.92 Å². The first-order chi connectivity index (χ1) is 13.5. The molecule has 0 radical (unpaired) electrons. The Labute approximate surface area is 164 Å². The molecule has 0 fully saturated rings. The molecule has 3 aromatic rings. The molecule has 0 saturated heterocycles. The van der Waals surface area contributed by atoms with Crippen LogP contribution in [0.4, 0.5) is 5.69 Å². The first-order valence-electron chi connectivity index (χ1n) is 9.67. The molecule has 28 heavy (non-hydrogen) atoms. The molecule has 0 spiro atoms. The predicted octanol–water partition coefficient (Wildman–Crippen LogP) is 2.85. The van der Waals surface area contributed by atoms with Crippen LogP contribution in [0.2, 0.25) is 0 Å². The third-order valence-electron chi connectivity index (χ3n) is 5.02. The predicted molar refractivity (Wildman–Crippen MR) is 109 cm³/mol. The summed E-state index contributed by atoms with van der Waals surface area (Å²) in [4.78, 5) is 31.7. The number of anilines is 1. The molecule has 1 aliphatic heterocycles. The van der Waals surface area contributed by atoms with E-state index >= 15 is 0 Å². The maximum absolute atomic E-state index is 12.8. The monoisotopic (exact) mass is 376 g/mol. The molecule has 1 aliphatic rings. The van der Waals surface area contributed by atoms with E-state index in [9.17, 15) is 9.59 Å². The number of carbonyl (C=O) groups excluding carboxylic acids is 2. The molecule has 2 amide bonds. The number of hydrogen-bond acceptors (Lipinski definition) is 3. The summed E-state index contributed by atoms with van der Waals surface area (Å²) in [5.41, 5.74) is 3.23. The van der Waals surface area contributed by atoms with Crippen molar-refractivity contribution in [3.8, 4) is 0 Å². The average Bonchev–Trinajstić information content (AvgIpc) is 3.28. The van der Waals surface area contributed by atoms with Gasteiger partial charge in [-0.3, -0.25) is 9.59 Å². The number of para-hydroxylation sites is 1. The van der Waals surface area contributed by atoms with Crippen LogP contribution in [-0.2, 0) is 17.6 Å². The van der Waals surface area contributed by atoms with Gasteiger partial charge in [0, 0.05) is 24.8 Å². The molecular formula is C22H24N4O2. The summed E-state index contributed by atoms with van der Waals surface area (Å²) in [5.74, 6) is 0.859. The van der Waals surface area contributed by atoms with E-state index in [1.807, 2.05) is 53.1 Å². The highest BCUT2D eigenvalue weighted by molar-refractivity contribution is 6.03. The Morgan fingerprint density at radius 3 is 2.75 bits per heavy atom. The van der Waals surface area contributed by atoms with Crippen molar-refractivity contribution in [1.82, 2.24) is 14.7 Å². The van der Waals surface area contributed by atoms with Gasteiger partial charge in [-0.05, 0) is 36.1 Å². The van der Waals surface area contributed by atoms with Gasteiger partial charge in [0.1, 0.15) is 5.82 Å². The van der Waals surface area contributed by atoms with E-state index in [2.05, 4.69) is 24.1 Å². The number of aromatic nitrogens is 2. The van der Waals surface area contributed by atoms with Crippen molar-refractivity contribution in [2.45, 2.75) is 26.7 Å². The fraction of sp³-hybridized carbons (Fsp3) is 0.318. The Morgan fingerprint density at radius 1 is 1.14 bits per heavy atom. The summed E-state index contributed by atoms with van der Waals surface area (Å²) in [6, 6.07) is 13.6. The van der Waals surface area contributed by atoms with Gasteiger partial charge in [0.15, 0.2) is 5.69 Å². The van der Waals surface area contributed by atoms with E-state index in [0.717, 1.165) is 29.9 Å². The lowest BCUT2D eigenvalue weighted by molar-refractivity contribution is -0.117. The number of hydrogen-bond donors (Lipinski definition) is 1. The van der Waals surface area contributed by atoms with E-state index in [-0.39, 0.29) is 18.4 Å². The highest BCUT2D eigenvalue weighted by atomic mass is 16.2. The minimum absolute atomic E-state index is 0.0431. The van der Waals surface area contributed by atoms with Gasteiger partial charge in [0.05, 0.1) is 12.1 Å². The van der Waals surface area contributed by atoms with E-state index in [0.29, 0.717) is 18.2 Å². The molecule has 2 aromatic heterocycles. The van der Waals surface area contributed by atoms with Crippen LogP contribution in [0.5, 0.6) is 0 Å². The number of carbonyl (C=O) groups is 2. The number of nitrogens with zero attached hydrogens (tertiary/aromatic N) is 3. The number of rotatable bonds is 5. The lowest BCUT2D eigenvalue weighted by Crippen LogP contribution is -2.39. The number of nitrogens with one attached hydrogen (secondary N) is 1. The minimum Gasteiger partial charge on any atom is -0.342 e. The van der Waals surface area contributed by atoms with Gasteiger partial charge in [0.25, 0.3) is 5.91 Å². The number of benzene rings is 1. The summed E-state index contributed by atoms with van der Waals surface area (Å²) in [6.07, 6.45) is 3.55. The second-order valence-corrected chi connectivity index (χ2v) is 7.54. The van der Waals surface area contributed by atoms with Gasteiger partial charge in [0.2, 0.25) is 5.91 Å². The van der Waals surface area contributed by atoms with Gasteiger partial charge >= 0.3 is 0 Å². The molecule has 6 heteroatoms. The molecule has 0 atom stereocenters. The second-order valence-electron chi connectivity index (χ2n) is 7.54. The lowest BCUT2D eigenvalue weighted by atomic mass is 10.1. The van der Waals surface area contributed by atoms with Gasteiger partial charge in [-0.25, -0.2) is 4.98 Å². The Kier molecular flexibility index (Phi) is 4.86. The Morgan fingerprint density at radius 2 is 1.93 bits per heavy atom. The van der Waals surface area contributed by atoms with Crippen molar-refractivity contribution in [3.63, 3.8) is 0 Å². The number of fused-ring (bicyclic) bond motifs is 2. The molecule has 6 nitrogen and oxygen atoms in total. The summed E-state index contributed by atoms with van der Waals surface area (Å²) in [7, 11) is 0. The smallest absolute Gasteiger partial charge is 0.272 e. The normalized spacial score (nSPS) is 13.2. The Bertz CT molecular complexity index is 1040. The third kappa shape index (κ3) is 3.38. The average molecular weight is 376 g/mol. The Balaban J connectivity index is 1.49. The quantitative estimate of drug-likeness (QED) is 0.745. The topological polar surface area (TPSA) is 66.7 Å². The minimum atomic E-state index is -0.320. The van der Waals surface area contributed by atoms with Gasteiger partial charge < -0.3 is 14.6 Å². The first kappa shape index (κ1) is 18.2. The summed E-state index contributed by atoms with van der Waals surface area (Å²) >= 11 is 0. The van der Waals surface area contributed by atoms with Crippen LogP contribution in [0.1, 0.15) is 35.7 Å². The van der Waals surface area contributed by atoms with Crippen molar-refractivity contribution in [2.24, 2.45) is 5.92 Å².